The summed E-state index contributed by atoms with van der Waals surface area (Å²) in [7, 11) is -3.34. The van der Waals surface area contributed by atoms with Gasteiger partial charge in [-0.05, 0) is 67.4 Å². The molecular weight excluding hydrogens is 453 g/mol. The topological polar surface area (TPSA) is 79.4 Å². The molecule has 1 aliphatic heterocycles. The standard InChI is InChI=1S/C23H21ClFN3O3S/c24-21-10-7-18(14-20(21)22-11-6-17(25)15-26-22)27-23(29)16-4-8-19(9-5-16)28-12-2-1-3-13-32(28,30)31/h4-11,14-15H,1-3,12-13H2,(H,27,29). The predicted octanol–water partition coefficient (Wildman–Crippen LogP) is 5.11. The zero-order chi connectivity index (χ0) is 22.7. The van der Waals surface area contributed by atoms with Crippen molar-refractivity contribution in [2.24, 2.45) is 0 Å². The highest BCUT2D eigenvalue weighted by molar-refractivity contribution is 7.92. The fourth-order valence-electron chi connectivity index (χ4n) is 3.57. The third-order valence-electron chi connectivity index (χ3n) is 5.24. The van der Waals surface area contributed by atoms with Crippen molar-refractivity contribution in [1.29, 1.82) is 0 Å². The van der Waals surface area contributed by atoms with Gasteiger partial charge >= 0.3 is 0 Å². The molecule has 0 aliphatic carbocycles. The fourth-order valence-corrected chi connectivity index (χ4v) is 5.43. The molecule has 1 saturated heterocycles. The van der Waals surface area contributed by atoms with Crippen molar-refractivity contribution in [3.8, 4) is 11.3 Å². The molecule has 0 saturated carbocycles. The quantitative estimate of drug-likeness (QED) is 0.570. The highest BCUT2D eigenvalue weighted by Gasteiger charge is 2.24. The molecule has 0 atom stereocenters. The molecule has 1 N–H and O–H groups in total. The number of pyridine rings is 1. The van der Waals surface area contributed by atoms with Crippen LogP contribution in [-0.2, 0) is 10.0 Å². The molecule has 1 amide bonds. The van der Waals surface area contributed by atoms with Crippen molar-refractivity contribution in [2.75, 3.05) is 21.9 Å². The van der Waals surface area contributed by atoms with Gasteiger partial charge in [0.15, 0.2) is 0 Å². The smallest absolute Gasteiger partial charge is 0.255 e. The Labute approximate surface area is 191 Å². The first kappa shape index (κ1) is 22.2. The van der Waals surface area contributed by atoms with Gasteiger partial charge in [0.1, 0.15) is 5.82 Å². The van der Waals surface area contributed by atoms with Crippen LogP contribution in [0.2, 0.25) is 5.02 Å². The highest BCUT2D eigenvalue weighted by atomic mass is 35.5. The van der Waals surface area contributed by atoms with Crippen LogP contribution in [0, 0.1) is 5.82 Å². The zero-order valence-electron chi connectivity index (χ0n) is 17.1. The van der Waals surface area contributed by atoms with Gasteiger partial charge < -0.3 is 5.32 Å². The maximum absolute atomic E-state index is 13.2. The van der Waals surface area contributed by atoms with Crippen LogP contribution in [0.4, 0.5) is 15.8 Å². The minimum Gasteiger partial charge on any atom is -0.322 e. The van der Waals surface area contributed by atoms with Crippen LogP contribution in [0.5, 0.6) is 0 Å². The lowest BCUT2D eigenvalue weighted by molar-refractivity contribution is 0.102. The molecule has 0 unspecified atom stereocenters. The van der Waals surface area contributed by atoms with Gasteiger partial charge in [0, 0.05) is 23.4 Å². The number of nitrogens with zero attached hydrogens (tertiary/aromatic N) is 2. The number of halogens is 2. The van der Waals surface area contributed by atoms with Crippen LogP contribution >= 0.6 is 11.6 Å². The monoisotopic (exact) mass is 473 g/mol. The van der Waals surface area contributed by atoms with Crippen molar-refractivity contribution in [1.82, 2.24) is 4.98 Å². The first-order valence-corrected chi connectivity index (χ1v) is 12.2. The molecule has 2 aromatic carbocycles. The lowest BCUT2D eigenvalue weighted by Gasteiger charge is -2.22. The van der Waals surface area contributed by atoms with E-state index in [2.05, 4.69) is 10.3 Å². The van der Waals surface area contributed by atoms with Crippen LogP contribution in [0.1, 0.15) is 29.6 Å². The molecule has 0 spiro atoms. The van der Waals surface area contributed by atoms with E-state index in [-0.39, 0.29) is 11.7 Å². The number of sulfonamides is 1. The average molecular weight is 474 g/mol. The third-order valence-corrected chi connectivity index (χ3v) is 7.44. The molecule has 3 aromatic rings. The maximum atomic E-state index is 13.2. The summed E-state index contributed by atoms with van der Waals surface area (Å²) in [5.41, 5.74) is 2.48. The van der Waals surface area contributed by atoms with E-state index in [0.29, 0.717) is 46.2 Å². The largest absolute Gasteiger partial charge is 0.322 e. The number of hydrogen-bond acceptors (Lipinski definition) is 4. The SMILES string of the molecule is O=C(Nc1ccc(Cl)c(-c2ccc(F)cn2)c1)c1ccc(N2CCCCCS2(=O)=O)cc1. The second-order valence-corrected chi connectivity index (χ2v) is 9.93. The van der Waals surface area contributed by atoms with Crippen LogP contribution in [0.3, 0.4) is 0 Å². The van der Waals surface area contributed by atoms with Gasteiger partial charge in [-0.1, -0.05) is 18.0 Å². The Balaban J connectivity index is 1.52. The number of hydrogen-bond donors (Lipinski definition) is 1. The summed E-state index contributed by atoms with van der Waals surface area (Å²) in [6.45, 7) is 0.443. The number of amides is 1. The molecule has 0 radical (unpaired) electrons. The van der Waals surface area contributed by atoms with E-state index in [1.165, 1.54) is 16.4 Å². The number of rotatable bonds is 4. The summed E-state index contributed by atoms with van der Waals surface area (Å²) in [5, 5.41) is 3.22. The number of carbonyl (C=O) groups is 1. The first-order chi connectivity index (χ1) is 15.3. The van der Waals surface area contributed by atoms with E-state index in [1.807, 2.05) is 0 Å². The summed E-state index contributed by atoms with van der Waals surface area (Å²) in [6.07, 6.45) is 3.45. The summed E-state index contributed by atoms with van der Waals surface area (Å²) in [5.74, 6) is -0.668. The molecule has 6 nitrogen and oxygen atoms in total. The van der Waals surface area contributed by atoms with Crippen molar-refractivity contribution in [3.63, 3.8) is 0 Å². The van der Waals surface area contributed by atoms with E-state index in [4.69, 9.17) is 11.6 Å². The number of benzene rings is 2. The van der Waals surface area contributed by atoms with Crippen LogP contribution in [0.25, 0.3) is 11.3 Å². The van der Waals surface area contributed by atoms with E-state index in [1.54, 1.807) is 42.5 Å². The molecule has 1 aromatic heterocycles. The first-order valence-electron chi connectivity index (χ1n) is 10.2. The molecule has 32 heavy (non-hydrogen) atoms. The Morgan fingerprint density at radius 3 is 2.53 bits per heavy atom. The molecule has 9 heteroatoms. The molecule has 2 heterocycles. The summed E-state index contributed by atoms with van der Waals surface area (Å²) in [6, 6.07) is 14.2. The second kappa shape index (κ2) is 9.26. The average Bonchev–Trinajstić information content (AvgIpc) is 2.96. The van der Waals surface area contributed by atoms with Crippen LogP contribution in [-0.4, -0.2) is 31.6 Å². The van der Waals surface area contributed by atoms with Gasteiger partial charge in [0.2, 0.25) is 10.0 Å². The maximum Gasteiger partial charge on any atom is 0.255 e. The number of carbonyl (C=O) groups excluding carboxylic acids is 1. The minimum atomic E-state index is -3.34. The predicted molar refractivity (Wildman–Crippen MR) is 124 cm³/mol. The van der Waals surface area contributed by atoms with Crippen LogP contribution in [0.15, 0.2) is 60.8 Å². The van der Waals surface area contributed by atoms with E-state index in [0.717, 1.165) is 19.0 Å². The van der Waals surface area contributed by atoms with Crippen molar-refractivity contribution in [2.45, 2.75) is 19.3 Å². The van der Waals surface area contributed by atoms with Crippen molar-refractivity contribution >= 4 is 38.9 Å². The fraction of sp³-hybridized carbons (Fsp3) is 0.217. The Kier molecular flexibility index (Phi) is 6.43. The normalized spacial score (nSPS) is 15.8. The summed E-state index contributed by atoms with van der Waals surface area (Å²) < 4.78 is 39.5. The Hall–Kier alpha value is -2.97. The molecule has 166 valence electrons. The van der Waals surface area contributed by atoms with E-state index >= 15 is 0 Å². The molecule has 1 fully saturated rings. The number of nitrogens with one attached hydrogen (secondary N) is 1. The lowest BCUT2D eigenvalue weighted by atomic mass is 10.1. The lowest BCUT2D eigenvalue weighted by Crippen LogP contribution is -2.32. The van der Waals surface area contributed by atoms with Crippen molar-refractivity contribution < 1.29 is 17.6 Å². The van der Waals surface area contributed by atoms with Gasteiger partial charge in [-0.15, -0.1) is 0 Å². The van der Waals surface area contributed by atoms with Gasteiger partial charge in [-0.2, -0.15) is 0 Å². The van der Waals surface area contributed by atoms with E-state index in [9.17, 15) is 17.6 Å². The number of anilines is 2. The highest BCUT2D eigenvalue weighted by Crippen LogP contribution is 2.30. The molecule has 1 aliphatic rings. The summed E-state index contributed by atoms with van der Waals surface area (Å²) >= 11 is 6.25. The zero-order valence-corrected chi connectivity index (χ0v) is 18.7. The van der Waals surface area contributed by atoms with Gasteiger partial charge in [-0.25, -0.2) is 12.8 Å². The third kappa shape index (κ3) is 4.92. The minimum absolute atomic E-state index is 0.136. The second-order valence-electron chi connectivity index (χ2n) is 7.51. The Bertz CT molecular complexity index is 1230. The van der Waals surface area contributed by atoms with Gasteiger partial charge in [0.25, 0.3) is 5.91 Å². The molecule has 0 bridgehead atoms. The van der Waals surface area contributed by atoms with Gasteiger partial charge in [0.05, 0.1) is 28.4 Å². The number of aromatic nitrogens is 1. The van der Waals surface area contributed by atoms with E-state index < -0.39 is 15.8 Å². The van der Waals surface area contributed by atoms with Crippen LogP contribution < -0.4 is 9.62 Å². The van der Waals surface area contributed by atoms with Crippen molar-refractivity contribution in [3.05, 3.63) is 77.2 Å². The molecular formula is C23H21ClFN3O3S. The Morgan fingerprint density at radius 2 is 1.81 bits per heavy atom. The summed E-state index contributed by atoms with van der Waals surface area (Å²) in [4.78, 5) is 16.8. The Morgan fingerprint density at radius 1 is 1.03 bits per heavy atom. The van der Waals surface area contributed by atoms with Gasteiger partial charge in [-0.3, -0.25) is 14.1 Å². The molecule has 4 rings (SSSR count).